The third kappa shape index (κ3) is 3.54. The zero-order chi connectivity index (χ0) is 13.3. The molecular weight excluding hydrogens is 284 g/mol. The van der Waals surface area contributed by atoms with Crippen LogP contribution in [0.2, 0.25) is 0 Å². The van der Waals surface area contributed by atoms with Gasteiger partial charge in [-0.3, -0.25) is 0 Å². The number of thiophene rings is 1. The number of hydrogen-bond donors (Lipinski definition) is 2. The Morgan fingerprint density at radius 2 is 2.06 bits per heavy atom. The Morgan fingerprint density at radius 1 is 1.47 bits per heavy atom. The Morgan fingerprint density at radius 3 is 2.47 bits per heavy atom. The van der Waals surface area contributed by atoms with Crippen molar-refractivity contribution in [2.75, 3.05) is 12.3 Å². The van der Waals surface area contributed by atoms with Crippen LogP contribution in [0.15, 0.2) is 15.7 Å². The summed E-state index contributed by atoms with van der Waals surface area (Å²) in [6.07, 6.45) is -3.93. The van der Waals surface area contributed by atoms with Crippen molar-refractivity contribution >= 4 is 27.0 Å². The van der Waals surface area contributed by atoms with Gasteiger partial charge in [-0.1, -0.05) is 0 Å². The smallest absolute Gasteiger partial charge is 0.320 e. The van der Waals surface area contributed by atoms with E-state index in [1.807, 2.05) is 0 Å². The number of halogens is 4. The second-order valence-electron chi connectivity index (χ2n) is 3.09. The molecule has 0 aliphatic carbocycles. The molecule has 1 heterocycles. The molecule has 1 aromatic heterocycles. The first kappa shape index (κ1) is 14.2. The molecule has 0 aliphatic rings. The molecule has 0 radical (unpaired) electrons. The van der Waals surface area contributed by atoms with Crippen LogP contribution in [-0.4, -0.2) is 27.3 Å². The van der Waals surface area contributed by atoms with E-state index in [4.69, 9.17) is 5.73 Å². The first-order valence-corrected chi connectivity index (χ1v) is 6.51. The van der Waals surface area contributed by atoms with Crippen molar-refractivity contribution in [2.24, 2.45) is 0 Å². The minimum Gasteiger partial charge on any atom is -0.398 e. The van der Waals surface area contributed by atoms with Gasteiger partial charge in [0, 0.05) is 11.1 Å². The molecule has 0 aliphatic heterocycles. The Labute approximate surface area is 98.5 Å². The highest BCUT2D eigenvalue weighted by atomic mass is 32.2. The van der Waals surface area contributed by atoms with Crippen LogP contribution in [0.3, 0.4) is 0 Å². The number of sulfonamides is 1. The van der Waals surface area contributed by atoms with Crippen LogP contribution < -0.4 is 10.5 Å². The van der Waals surface area contributed by atoms with Crippen molar-refractivity contribution in [3.05, 3.63) is 11.4 Å². The van der Waals surface area contributed by atoms with Crippen LogP contribution in [0.4, 0.5) is 23.2 Å². The predicted octanol–water partition coefficient (Wildman–Crippen LogP) is 1.51. The maximum absolute atomic E-state index is 12.5. The average molecular weight is 292 g/mol. The van der Waals surface area contributed by atoms with E-state index in [0.717, 1.165) is 6.07 Å². The van der Waals surface area contributed by atoms with Crippen LogP contribution in [0.1, 0.15) is 0 Å². The van der Waals surface area contributed by atoms with E-state index in [-0.39, 0.29) is 9.90 Å². The molecule has 17 heavy (non-hydrogen) atoms. The lowest BCUT2D eigenvalue weighted by molar-refractivity contribution is -0.122. The van der Waals surface area contributed by atoms with Gasteiger partial charge in [-0.05, 0) is 6.07 Å². The number of hydrogen-bond acceptors (Lipinski definition) is 4. The fourth-order valence-corrected chi connectivity index (χ4v) is 2.98. The Bertz CT molecular complexity index is 486. The molecule has 0 atom stereocenters. The van der Waals surface area contributed by atoms with Crippen molar-refractivity contribution in [1.82, 2.24) is 4.72 Å². The maximum Gasteiger partial charge on any atom is 0.320 e. The summed E-state index contributed by atoms with van der Waals surface area (Å²) in [5.74, 6) is -4.41. The number of nitrogen functional groups attached to an aromatic ring is 1. The summed E-state index contributed by atoms with van der Waals surface area (Å²) in [5, 5.41) is 1.29. The van der Waals surface area contributed by atoms with Gasteiger partial charge in [0.1, 0.15) is 4.21 Å². The minimum atomic E-state index is -4.41. The largest absolute Gasteiger partial charge is 0.398 e. The minimum absolute atomic E-state index is 0.149. The normalized spacial score (nSPS) is 13.2. The molecule has 0 saturated heterocycles. The van der Waals surface area contributed by atoms with Crippen LogP contribution in [-0.2, 0) is 10.0 Å². The number of anilines is 1. The Hall–Kier alpha value is -0.870. The van der Waals surface area contributed by atoms with Gasteiger partial charge in [0.05, 0.1) is 6.54 Å². The third-order valence-corrected chi connectivity index (χ3v) is 4.54. The molecule has 3 N–H and O–H groups in total. The molecule has 98 valence electrons. The number of nitrogens with two attached hydrogens (primary N) is 1. The lowest BCUT2D eigenvalue weighted by Gasteiger charge is -2.15. The summed E-state index contributed by atoms with van der Waals surface area (Å²) in [6, 6.07) is 1.05. The van der Waals surface area contributed by atoms with Gasteiger partial charge in [-0.25, -0.2) is 21.9 Å². The molecule has 0 fully saturated rings. The summed E-state index contributed by atoms with van der Waals surface area (Å²) in [5.41, 5.74) is 5.40. The summed E-state index contributed by atoms with van der Waals surface area (Å²) < 4.78 is 72.4. The van der Waals surface area contributed by atoms with Crippen LogP contribution in [0.5, 0.6) is 0 Å². The molecular formula is C7H8F4N2O2S2. The highest BCUT2D eigenvalue weighted by Crippen LogP contribution is 2.24. The van der Waals surface area contributed by atoms with Gasteiger partial charge in [0.2, 0.25) is 10.0 Å². The van der Waals surface area contributed by atoms with Crippen molar-refractivity contribution in [1.29, 1.82) is 0 Å². The van der Waals surface area contributed by atoms with Crippen molar-refractivity contribution < 1.29 is 26.0 Å². The van der Waals surface area contributed by atoms with Crippen molar-refractivity contribution in [3.8, 4) is 0 Å². The second kappa shape index (κ2) is 4.78. The summed E-state index contributed by atoms with van der Waals surface area (Å²) in [6.45, 7) is -1.66. The van der Waals surface area contributed by atoms with Gasteiger partial charge in [-0.2, -0.15) is 8.78 Å². The summed E-state index contributed by atoms with van der Waals surface area (Å²) in [4.78, 5) is 0. The SMILES string of the molecule is Nc1csc(S(=O)(=O)NCC(F)(F)C(F)F)c1. The fraction of sp³-hybridized carbons (Fsp3) is 0.429. The van der Waals surface area contributed by atoms with E-state index >= 15 is 0 Å². The van der Waals surface area contributed by atoms with E-state index in [1.54, 1.807) is 0 Å². The van der Waals surface area contributed by atoms with Crippen LogP contribution >= 0.6 is 11.3 Å². The second-order valence-corrected chi connectivity index (χ2v) is 5.99. The van der Waals surface area contributed by atoms with E-state index in [2.05, 4.69) is 0 Å². The molecule has 4 nitrogen and oxygen atoms in total. The lowest BCUT2D eigenvalue weighted by atomic mass is 10.4. The first-order valence-electron chi connectivity index (χ1n) is 4.15. The highest BCUT2D eigenvalue weighted by molar-refractivity contribution is 7.91. The molecule has 0 unspecified atom stereocenters. The van der Waals surface area contributed by atoms with Gasteiger partial charge >= 0.3 is 12.3 Å². The third-order valence-electron chi connectivity index (χ3n) is 1.68. The van der Waals surface area contributed by atoms with E-state index in [1.165, 1.54) is 10.1 Å². The zero-order valence-electron chi connectivity index (χ0n) is 8.16. The molecule has 1 rings (SSSR count). The molecule has 0 amide bonds. The Kier molecular flexibility index (Phi) is 3.99. The molecule has 1 aromatic rings. The van der Waals surface area contributed by atoms with E-state index in [0.29, 0.717) is 11.3 Å². The fourth-order valence-electron chi connectivity index (χ4n) is 0.811. The molecule has 0 spiro atoms. The van der Waals surface area contributed by atoms with Gasteiger partial charge < -0.3 is 5.73 Å². The molecule has 0 aromatic carbocycles. The van der Waals surface area contributed by atoms with Gasteiger partial charge in [0.25, 0.3) is 0 Å². The Balaban J connectivity index is 2.76. The monoisotopic (exact) mass is 292 g/mol. The van der Waals surface area contributed by atoms with E-state index in [9.17, 15) is 26.0 Å². The van der Waals surface area contributed by atoms with Crippen LogP contribution in [0.25, 0.3) is 0 Å². The van der Waals surface area contributed by atoms with Gasteiger partial charge in [0.15, 0.2) is 0 Å². The average Bonchev–Trinajstić information content (AvgIpc) is 2.63. The van der Waals surface area contributed by atoms with E-state index < -0.39 is 28.9 Å². The first-order chi connectivity index (χ1) is 7.65. The topological polar surface area (TPSA) is 72.2 Å². The predicted molar refractivity (Wildman–Crippen MR) is 54.9 cm³/mol. The maximum atomic E-state index is 12.5. The highest BCUT2D eigenvalue weighted by Gasteiger charge is 2.41. The molecule has 0 saturated carbocycles. The number of alkyl halides is 4. The molecule has 0 bridgehead atoms. The summed E-state index contributed by atoms with van der Waals surface area (Å²) >= 11 is 0.708. The standard InChI is InChI=1S/C7H8F4N2O2S2/c8-6(9)7(10,11)3-13-17(14,15)5-1-4(12)2-16-5/h1-2,6,13H,3,12H2. The number of rotatable bonds is 5. The number of nitrogens with one attached hydrogen (secondary N) is 1. The van der Waals surface area contributed by atoms with Gasteiger partial charge in [-0.15, -0.1) is 11.3 Å². The lowest BCUT2D eigenvalue weighted by Crippen LogP contribution is -2.41. The zero-order valence-corrected chi connectivity index (χ0v) is 9.79. The van der Waals surface area contributed by atoms with Crippen molar-refractivity contribution in [3.63, 3.8) is 0 Å². The van der Waals surface area contributed by atoms with Crippen LogP contribution in [0, 0.1) is 0 Å². The summed E-state index contributed by atoms with van der Waals surface area (Å²) in [7, 11) is -4.23. The quantitative estimate of drug-likeness (QED) is 0.808. The molecule has 10 heteroatoms. The van der Waals surface area contributed by atoms with Crippen molar-refractivity contribution in [2.45, 2.75) is 16.6 Å².